The number of ether oxygens (including phenoxy) is 1. The molecule has 1 aliphatic rings. The van der Waals surface area contributed by atoms with E-state index in [1.165, 1.54) is 5.56 Å². The fourth-order valence-corrected chi connectivity index (χ4v) is 2.20. The van der Waals surface area contributed by atoms with Crippen molar-refractivity contribution in [1.82, 2.24) is 10.2 Å². The van der Waals surface area contributed by atoms with Gasteiger partial charge >= 0.3 is 5.97 Å². The maximum Gasteiger partial charge on any atom is 0.338 e. The molecular weight excluding hydrogens is 252 g/mol. The first kappa shape index (κ1) is 15.0. The van der Waals surface area contributed by atoms with E-state index < -0.39 is 0 Å². The van der Waals surface area contributed by atoms with E-state index in [-0.39, 0.29) is 5.97 Å². The lowest BCUT2D eigenvalue weighted by atomic mass is 10.1. The van der Waals surface area contributed by atoms with Crippen LogP contribution in [0.3, 0.4) is 0 Å². The average Bonchev–Trinajstić information content (AvgIpc) is 2.46. The topological polar surface area (TPSA) is 41.6 Å². The molecule has 1 aromatic rings. The van der Waals surface area contributed by atoms with Crippen LogP contribution in [0.1, 0.15) is 29.8 Å². The summed E-state index contributed by atoms with van der Waals surface area (Å²) < 4.78 is 5.22. The molecule has 0 saturated carbocycles. The highest BCUT2D eigenvalue weighted by atomic mass is 16.5. The van der Waals surface area contributed by atoms with Crippen LogP contribution in [0, 0.1) is 5.92 Å². The van der Waals surface area contributed by atoms with Crippen LogP contribution >= 0.6 is 0 Å². The number of hydrogen-bond donors (Lipinski definition) is 1. The molecular formula is C16H24N2O2. The number of nitrogens with zero attached hydrogens (tertiary/aromatic N) is 1. The van der Waals surface area contributed by atoms with Gasteiger partial charge in [0.15, 0.2) is 0 Å². The monoisotopic (exact) mass is 276 g/mol. The zero-order valence-electron chi connectivity index (χ0n) is 12.4. The van der Waals surface area contributed by atoms with Crippen LogP contribution in [0.5, 0.6) is 0 Å². The van der Waals surface area contributed by atoms with Gasteiger partial charge in [-0.1, -0.05) is 26.0 Å². The second-order valence-corrected chi connectivity index (χ2v) is 5.72. The van der Waals surface area contributed by atoms with Gasteiger partial charge in [0.2, 0.25) is 0 Å². The SMILES string of the molecule is CC(C)COC(=O)c1ccc(CN2CCNCC2)cc1. The first-order chi connectivity index (χ1) is 9.65. The molecule has 0 aliphatic carbocycles. The summed E-state index contributed by atoms with van der Waals surface area (Å²) in [5, 5.41) is 3.34. The second kappa shape index (κ2) is 7.41. The van der Waals surface area contributed by atoms with Crippen molar-refractivity contribution in [1.29, 1.82) is 0 Å². The lowest BCUT2D eigenvalue weighted by Gasteiger charge is -2.27. The standard InChI is InChI=1S/C16H24N2O2/c1-13(2)12-20-16(19)15-5-3-14(4-6-15)11-18-9-7-17-8-10-18/h3-6,13,17H,7-12H2,1-2H3. The van der Waals surface area contributed by atoms with Crippen molar-refractivity contribution in [2.75, 3.05) is 32.8 Å². The number of benzene rings is 1. The maximum absolute atomic E-state index is 11.8. The van der Waals surface area contributed by atoms with Gasteiger partial charge in [0.25, 0.3) is 0 Å². The summed E-state index contributed by atoms with van der Waals surface area (Å²) in [6.45, 7) is 9.76. The summed E-state index contributed by atoms with van der Waals surface area (Å²) in [5.74, 6) is 0.137. The van der Waals surface area contributed by atoms with Crippen molar-refractivity contribution >= 4 is 5.97 Å². The Morgan fingerprint density at radius 3 is 2.50 bits per heavy atom. The summed E-state index contributed by atoms with van der Waals surface area (Å²) in [6, 6.07) is 7.77. The predicted molar refractivity (Wildman–Crippen MR) is 79.7 cm³/mol. The molecule has 0 spiro atoms. The Morgan fingerprint density at radius 2 is 1.90 bits per heavy atom. The minimum atomic E-state index is -0.229. The third kappa shape index (κ3) is 4.62. The minimum absolute atomic E-state index is 0.229. The molecule has 1 N–H and O–H groups in total. The molecule has 0 aromatic heterocycles. The predicted octanol–water partition coefficient (Wildman–Crippen LogP) is 1.90. The number of esters is 1. The summed E-state index contributed by atoms with van der Waals surface area (Å²) >= 11 is 0. The fourth-order valence-electron chi connectivity index (χ4n) is 2.20. The van der Waals surface area contributed by atoms with Gasteiger partial charge in [-0.25, -0.2) is 4.79 Å². The van der Waals surface area contributed by atoms with Crippen LogP contribution in [0.25, 0.3) is 0 Å². The van der Waals surface area contributed by atoms with Crippen molar-refractivity contribution in [2.24, 2.45) is 5.92 Å². The molecule has 110 valence electrons. The van der Waals surface area contributed by atoms with E-state index >= 15 is 0 Å². The zero-order chi connectivity index (χ0) is 14.4. The average molecular weight is 276 g/mol. The Balaban J connectivity index is 1.87. The molecule has 4 heteroatoms. The number of hydrogen-bond acceptors (Lipinski definition) is 4. The maximum atomic E-state index is 11.8. The molecule has 1 fully saturated rings. The van der Waals surface area contributed by atoms with Crippen molar-refractivity contribution in [2.45, 2.75) is 20.4 Å². The first-order valence-electron chi connectivity index (χ1n) is 7.34. The molecule has 0 atom stereocenters. The van der Waals surface area contributed by atoms with E-state index in [1.54, 1.807) is 0 Å². The van der Waals surface area contributed by atoms with Crippen molar-refractivity contribution in [3.05, 3.63) is 35.4 Å². The van der Waals surface area contributed by atoms with E-state index in [2.05, 4.69) is 10.2 Å². The van der Waals surface area contributed by atoms with Crippen molar-refractivity contribution in [3.63, 3.8) is 0 Å². The Hall–Kier alpha value is -1.39. The lowest BCUT2D eigenvalue weighted by molar-refractivity contribution is 0.0459. The molecule has 4 nitrogen and oxygen atoms in total. The highest BCUT2D eigenvalue weighted by Gasteiger charge is 2.11. The van der Waals surface area contributed by atoms with Crippen molar-refractivity contribution in [3.8, 4) is 0 Å². The lowest BCUT2D eigenvalue weighted by Crippen LogP contribution is -2.42. The Morgan fingerprint density at radius 1 is 1.25 bits per heavy atom. The minimum Gasteiger partial charge on any atom is -0.462 e. The van der Waals surface area contributed by atoms with Gasteiger partial charge < -0.3 is 10.1 Å². The number of rotatable bonds is 5. The van der Waals surface area contributed by atoms with Gasteiger partial charge in [-0.2, -0.15) is 0 Å². The van der Waals surface area contributed by atoms with Gasteiger partial charge in [0.05, 0.1) is 12.2 Å². The van der Waals surface area contributed by atoms with E-state index in [1.807, 2.05) is 38.1 Å². The van der Waals surface area contributed by atoms with Crippen LogP contribution in [0.2, 0.25) is 0 Å². The second-order valence-electron chi connectivity index (χ2n) is 5.72. The van der Waals surface area contributed by atoms with E-state index in [9.17, 15) is 4.79 Å². The van der Waals surface area contributed by atoms with Gasteiger partial charge in [0, 0.05) is 32.7 Å². The highest BCUT2D eigenvalue weighted by Crippen LogP contribution is 2.10. The van der Waals surface area contributed by atoms with Gasteiger partial charge in [0.1, 0.15) is 0 Å². The highest BCUT2D eigenvalue weighted by molar-refractivity contribution is 5.89. The smallest absolute Gasteiger partial charge is 0.338 e. The number of piperazine rings is 1. The molecule has 20 heavy (non-hydrogen) atoms. The molecule has 1 aromatic carbocycles. The normalized spacial score (nSPS) is 16.4. The largest absolute Gasteiger partial charge is 0.462 e. The van der Waals surface area contributed by atoms with Gasteiger partial charge in [-0.3, -0.25) is 4.90 Å². The third-order valence-corrected chi connectivity index (χ3v) is 3.35. The first-order valence-corrected chi connectivity index (χ1v) is 7.34. The van der Waals surface area contributed by atoms with Crippen LogP contribution in [-0.4, -0.2) is 43.7 Å². The molecule has 1 saturated heterocycles. The number of carbonyl (C=O) groups excluding carboxylic acids is 1. The summed E-state index contributed by atoms with van der Waals surface area (Å²) in [6.07, 6.45) is 0. The molecule has 0 unspecified atom stereocenters. The summed E-state index contributed by atoms with van der Waals surface area (Å²) in [7, 11) is 0. The van der Waals surface area contributed by atoms with Crippen LogP contribution in [-0.2, 0) is 11.3 Å². The van der Waals surface area contributed by atoms with Crippen LogP contribution in [0.15, 0.2) is 24.3 Å². The molecule has 2 rings (SSSR count). The zero-order valence-corrected chi connectivity index (χ0v) is 12.4. The number of carbonyl (C=O) groups is 1. The Bertz CT molecular complexity index is 423. The summed E-state index contributed by atoms with van der Waals surface area (Å²) in [4.78, 5) is 14.2. The quantitative estimate of drug-likeness (QED) is 0.834. The fraction of sp³-hybridized carbons (Fsp3) is 0.562. The molecule has 0 radical (unpaired) electrons. The molecule has 0 bridgehead atoms. The Labute approximate surface area is 121 Å². The van der Waals surface area contributed by atoms with Crippen molar-refractivity contribution < 1.29 is 9.53 Å². The van der Waals surface area contributed by atoms with E-state index in [0.29, 0.717) is 18.1 Å². The van der Waals surface area contributed by atoms with E-state index in [0.717, 1.165) is 32.7 Å². The molecule has 1 aliphatic heterocycles. The molecule has 1 heterocycles. The third-order valence-electron chi connectivity index (χ3n) is 3.35. The number of nitrogens with one attached hydrogen (secondary N) is 1. The van der Waals surface area contributed by atoms with Crippen LogP contribution < -0.4 is 5.32 Å². The summed E-state index contributed by atoms with van der Waals surface area (Å²) in [5.41, 5.74) is 1.88. The van der Waals surface area contributed by atoms with E-state index in [4.69, 9.17) is 4.74 Å². The van der Waals surface area contributed by atoms with Gasteiger partial charge in [-0.05, 0) is 23.6 Å². The Kier molecular flexibility index (Phi) is 5.56. The molecule has 0 amide bonds. The van der Waals surface area contributed by atoms with Gasteiger partial charge in [-0.15, -0.1) is 0 Å². The van der Waals surface area contributed by atoms with Crippen LogP contribution in [0.4, 0.5) is 0 Å².